The Morgan fingerprint density at radius 2 is 1.69 bits per heavy atom. The Bertz CT molecular complexity index is 576. The molecular formula is C20H27F4NO. The first-order valence-electron chi connectivity index (χ1n) is 9.61. The van der Waals surface area contributed by atoms with Crippen LogP contribution in [-0.2, 0) is 10.9 Å². The van der Waals surface area contributed by atoms with E-state index in [1.165, 1.54) is 6.07 Å². The highest BCUT2D eigenvalue weighted by molar-refractivity contribution is 5.33. The van der Waals surface area contributed by atoms with Gasteiger partial charge in [0.25, 0.3) is 0 Å². The lowest BCUT2D eigenvalue weighted by molar-refractivity contribution is -0.138. The molecule has 0 bridgehead atoms. The minimum Gasteiger partial charge on any atom is -0.381 e. The molecule has 1 N–H and O–H groups in total. The summed E-state index contributed by atoms with van der Waals surface area (Å²) in [7, 11) is 0. The third kappa shape index (κ3) is 5.19. The zero-order valence-corrected chi connectivity index (χ0v) is 15.0. The fourth-order valence-electron chi connectivity index (χ4n) is 4.29. The van der Waals surface area contributed by atoms with Crippen LogP contribution in [0.15, 0.2) is 18.2 Å². The number of nitrogens with one attached hydrogen (secondary N) is 1. The molecule has 3 rings (SSSR count). The molecule has 6 heteroatoms. The summed E-state index contributed by atoms with van der Waals surface area (Å²) in [6.45, 7) is 2.61. The summed E-state index contributed by atoms with van der Waals surface area (Å²) in [5.41, 5.74) is -0.542. The molecule has 146 valence electrons. The van der Waals surface area contributed by atoms with E-state index in [0.717, 1.165) is 70.8 Å². The Morgan fingerprint density at radius 1 is 1.00 bits per heavy atom. The second-order valence-electron chi connectivity index (χ2n) is 7.58. The summed E-state index contributed by atoms with van der Waals surface area (Å²) in [6, 6.07) is 3.65. The lowest BCUT2D eigenvalue weighted by atomic mass is 9.76. The topological polar surface area (TPSA) is 21.3 Å². The molecule has 1 aliphatic carbocycles. The fourth-order valence-corrected chi connectivity index (χ4v) is 4.29. The van der Waals surface area contributed by atoms with Gasteiger partial charge in [0.05, 0.1) is 5.56 Å². The molecule has 2 fully saturated rings. The van der Waals surface area contributed by atoms with Crippen LogP contribution >= 0.6 is 0 Å². The fraction of sp³-hybridized carbons (Fsp3) is 0.700. The summed E-state index contributed by atoms with van der Waals surface area (Å²) in [6.07, 6.45) is 2.05. The summed E-state index contributed by atoms with van der Waals surface area (Å²) in [5.74, 6) is -0.380. The van der Waals surface area contributed by atoms with Crippen LogP contribution in [0.1, 0.15) is 62.0 Å². The van der Waals surface area contributed by atoms with Gasteiger partial charge in [-0.1, -0.05) is 6.07 Å². The normalized spacial score (nSPS) is 25.4. The van der Waals surface area contributed by atoms with Crippen LogP contribution < -0.4 is 5.32 Å². The number of ether oxygens (including phenoxy) is 1. The van der Waals surface area contributed by atoms with Crippen LogP contribution in [0.2, 0.25) is 0 Å². The van der Waals surface area contributed by atoms with Crippen molar-refractivity contribution in [3.8, 4) is 0 Å². The van der Waals surface area contributed by atoms with Crippen LogP contribution in [-0.4, -0.2) is 25.8 Å². The molecule has 0 radical (unpaired) electrons. The maximum atomic E-state index is 13.3. The molecule has 0 atom stereocenters. The summed E-state index contributed by atoms with van der Waals surface area (Å²) >= 11 is 0. The van der Waals surface area contributed by atoms with Gasteiger partial charge >= 0.3 is 6.18 Å². The molecule has 0 spiro atoms. The van der Waals surface area contributed by atoms with Gasteiger partial charge in [0.1, 0.15) is 5.82 Å². The number of benzene rings is 1. The average Bonchev–Trinajstić information content (AvgIpc) is 2.63. The third-order valence-corrected chi connectivity index (χ3v) is 5.81. The molecule has 1 aromatic carbocycles. The molecule has 26 heavy (non-hydrogen) atoms. The third-order valence-electron chi connectivity index (χ3n) is 5.81. The number of halogens is 4. The van der Waals surface area contributed by atoms with Crippen molar-refractivity contribution in [1.29, 1.82) is 0 Å². The van der Waals surface area contributed by atoms with Crippen LogP contribution in [0.25, 0.3) is 0 Å². The van der Waals surface area contributed by atoms with Gasteiger partial charge in [-0.05, 0) is 81.0 Å². The van der Waals surface area contributed by atoms with E-state index in [1.807, 2.05) is 0 Å². The maximum Gasteiger partial charge on any atom is 0.416 e. The largest absolute Gasteiger partial charge is 0.416 e. The van der Waals surface area contributed by atoms with E-state index in [1.54, 1.807) is 0 Å². The Hall–Kier alpha value is -1.14. The van der Waals surface area contributed by atoms with Crippen LogP contribution in [0, 0.1) is 11.7 Å². The smallest absolute Gasteiger partial charge is 0.381 e. The van der Waals surface area contributed by atoms with E-state index >= 15 is 0 Å². The SMILES string of the molecule is Fc1ccc(C2CCC(CCNC3CCOCC3)CC2)c(C(F)(F)F)c1. The molecule has 0 unspecified atom stereocenters. The van der Waals surface area contributed by atoms with Crippen molar-refractivity contribution < 1.29 is 22.3 Å². The molecule has 1 saturated heterocycles. The molecule has 2 aliphatic rings. The van der Waals surface area contributed by atoms with Gasteiger partial charge in [0.15, 0.2) is 0 Å². The van der Waals surface area contributed by atoms with Crippen molar-refractivity contribution in [2.24, 2.45) is 5.92 Å². The van der Waals surface area contributed by atoms with Crippen molar-refractivity contribution in [3.05, 3.63) is 35.1 Å². The Labute approximate surface area is 152 Å². The lowest BCUT2D eigenvalue weighted by Crippen LogP contribution is -2.36. The second kappa shape index (κ2) is 8.70. The van der Waals surface area contributed by atoms with E-state index in [-0.39, 0.29) is 11.5 Å². The lowest BCUT2D eigenvalue weighted by Gasteiger charge is -2.31. The predicted molar refractivity (Wildman–Crippen MR) is 92.6 cm³/mol. The van der Waals surface area contributed by atoms with Gasteiger partial charge < -0.3 is 10.1 Å². The van der Waals surface area contributed by atoms with E-state index < -0.39 is 17.6 Å². The highest BCUT2D eigenvalue weighted by Crippen LogP contribution is 2.42. The van der Waals surface area contributed by atoms with Gasteiger partial charge in [-0.3, -0.25) is 0 Å². The summed E-state index contributed by atoms with van der Waals surface area (Å²) in [5, 5.41) is 3.58. The molecule has 0 amide bonds. The zero-order chi connectivity index (χ0) is 18.6. The maximum absolute atomic E-state index is 13.3. The number of hydrogen-bond donors (Lipinski definition) is 1. The minimum absolute atomic E-state index is 0.119. The number of hydrogen-bond acceptors (Lipinski definition) is 2. The standard InChI is InChI=1S/C20H27F4NO/c21-16-5-6-18(19(13-16)20(22,23)24)15-3-1-14(2-4-15)7-10-25-17-8-11-26-12-9-17/h5-6,13-15,17,25H,1-4,7-12H2. The molecule has 0 aromatic heterocycles. The summed E-state index contributed by atoms with van der Waals surface area (Å²) in [4.78, 5) is 0. The second-order valence-corrected chi connectivity index (χ2v) is 7.58. The van der Waals surface area contributed by atoms with Crippen molar-refractivity contribution in [3.63, 3.8) is 0 Å². The predicted octanol–water partition coefficient (Wildman–Crippen LogP) is 5.28. The molecule has 1 saturated carbocycles. The minimum atomic E-state index is -4.50. The zero-order valence-electron chi connectivity index (χ0n) is 15.0. The molecule has 1 aliphatic heterocycles. The number of rotatable bonds is 5. The highest BCUT2D eigenvalue weighted by atomic mass is 19.4. The van der Waals surface area contributed by atoms with Gasteiger partial charge in [0.2, 0.25) is 0 Å². The Balaban J connectivity index is 1.49. The van der Waals surface area contributed by atoms with E-state index in [9.17, 15) is 17.6 Å². The first-order chi connectivity index (χ1) is 12.4. The van der Waals surface area contributed by atoms with Crippen LogP contribution in [0.4, 0.5) is 17.6 Å². The van der Waals surface area contributed by atoms with E-state index in [4.69, 9.17) is 4.74 Å². The van der Waals surface area contributed by atoms with Crippen molar-refractivity contribution >= 4 is 0 Å². The van der Waals surface area contributed by atoms with Crippen LogP contribution in [0.5, 0.6) is 0 Å². The Morgan fingerprint density at radius 3 is 2.35 bits per heavy atom. The van der Waals surface area contributed by atoms with Crippen LogP contribution in [0.3, 0.4) is 0 Å². The van der Waals surface area contributed by atoms with Crippen molar-refractivity contribution in [2.45, 2.75) is 63.1 Å². The molecule has 2 nitrogen and oxygen atoms in total. The van der Waals surface area contributed by atoms with Gasteiger partial charge in [-0.2, -0.15) is 13.2 Å². The quantitative estimate of drug-likeness (QED) is 0.710. The van der Waals surface area contributed by atoms with E-state index in [2.05, 4.69) is 5.32 Å². The first kappa shape index (κ1) is 19.6. The van der Waals surface area contributed by atoms with Gasteiger partial charge in [-0.15, -0.1) is 0 Å². The first-order valence-corrected chi connectivity index (χ1v) is 9.61. The van der Waals surface area contributed by atoms with Gasteiger partial charge in [0, 0.05) is 19.3 Å². The monoisotopic (exact) mass is 373 g/mol. The highest BCUT2D eigenvalue weighted by Gasteiger charge is 2.36. The van der Waals surface area contributed by atoms with Crippen molar-refractivity contribution in [1.82, 2.24) is 5.32 Å². The average molecular weight is 373 g/mol. The van der Waals surface area contributed by atoms with Gasteiger partial charge in [-0.25, -0.2) is 4.39 Å². The number of alkyl halides is 3. The van der Waals surface area contributed by atoms with Crippen molar-refractivity contribution in [2.75, 3.05) is 19.8 Å². The molecule has 1 aromatic rings. The Kier molecular flexibility index (Phi) is 6.56. The summed E-state index contributed by atoms with van der Waals surface area (Å²) < 4.78 is 58.3. The molecular weight excluding hydrogens is 346 g/mol. The molecule has 1 heterocycles. The van der Waals surface area contributed by atoms with E-state index in [0.29, 0.717) is 18.0 Å².